The van der Waals surface area contributed by atoms with Gasteiger partial charge in [-0.2, -0.15) is 0 Å². The fourth-order valence-corrected chi connectivity index (χ4v) is 9.54. The minimum absolute atomic E-state index is 0.573. The van der Waals surface area contributed by atoms with Gasteiger partial charge in [0.1, 0.15) is 11.2 Å². The molecule has 13 aromatic rings. The number of hydrogen-bond acceptors (Lipinski definition) is 4. The predicted octanol–water partition coefficient (Wildman–Crippen LogP) is 14.6. The van der Waals surface area contributed by atoms with Gasteiger partial charge < -0.3 is 13.6 Å². The summed E-state index contributed by atoms with van der Waals surface area (Å²) in [5.41, 5.74) is 13.0. The third-order valence-electron chi connectivity index (χ3n) is 12.4. The maximum atomic E-state index is 6.60. The van der Waals surface area contributed by atoms with Gasteiger partial charge in [0.15, 0.2) is 17.5 Å². The Balaban J connectivity index is 1.09. The first-order valence-corrected chi connectivity index (χ1v) is 21.2. The highest BCUT2D eigenvalue weighted by atomic mass is 16.3. The molecule has 0 aliphatic rings. The monoisotopic (exact) mass is 805 g/mol. The van der Waals surface area contributed by atoms with Crippen molar-refractivity contribution in [2.45, 2.75) is 0 Å². The average Bonchev–Trinajstić information content (AvgIpc) is 4.02. The fraction of sp³-hybridized carbons (Fsp3) is 0. The molecule has 0 atom stereocenters. The lowest BCUT2D eigenvalue weighted by molar-refractivity contribution is 0.670. The van der Waals surface area contributed by atoms with Crippen LogP contribution >= 0.6 is 0 Å². The van der Waals surface area contributed by atoms with Crippen LogP contribution in [0.2, 0.25) is 0 Å². The van der Waals surface area contributed by atoms with Crippen molar-refractivity contribution in [2.75, 3.05) is 0 Å². The molecule has 6 nitrogen and oxygen atoms in total. The second kappa shape index (κ2) is 14.0. The molecule has 6 heteroatoms. The third kappa shape index (κ3) is 5.55. The van der Waals surface area contributed by atoms with Crippen LogP contribution in [0.4, 0.5) is 0 Å². The van der Waals surface area contributed by atoms with E-state index in [0.717, 1.165) is 82.9 Å². The van der Waals surface area contributed by atoms with Crippen LogP contribution in [0, 0.1) is 0 Å². The molecule has 13 rings (SSSR count). The summed E-state index contributed by atoms with van der Waals surface area (Å²) in [4.78, 5) is 15.7. The first-order chi connectivity index (χ1) is 31.2. The first kappa shape index (κ1) is 35.2. The predicted molar refractivity (Wildman–Crippen MR) is 258 cm³/mol. The van der Waals surface area contributed by atoms with E-state index in [1.807, 2.05) is 48.5 Å². The molecule has 0 saturated heterocycles. The van der Waals surface area contributed by atoms with E-state index in [-0.39, 0.29) is 0 Å². The van der Waals surface area contributed by atoms with Crippen molar-refractivity contribution in [3.05, 3.63) is 212 Å². The Labute approximate surface area is 361 Å². The standard InChI is InChI=1S/C57H35N5O/c1-3-16-36(17-4-1)55-58-56(37-18-5-2-6-19-37)60-57(59-55)47-34-38(40-24-15-25-45-44-23-10-14-29-53(44)63-54(40)45)30-32-52(47)62-50-28-13-9-22-43(50)46-35-39(31-33-51(46)62)61-48-26-11-7-20-41(48)42-21-8-12-27-49(42)61/h1-35H. The Morgan fingerprint density at radius 3 is 1.51 bits per heavy atom. The lowest BCUT2D eigenvalue weighted by Crippen LogP contribution is -2.04. The quantitative estimate of drug-likeness (QED) is 0.168. The zero-order valence-electron chi connectivity index (χ0n) is 33.9. The van der Waals surface area contributed by atoms with Gasteiger partial charge in [0.25, 0.3) is 0 Å². The van der Waals surface area contributed by atoms with E-state index in [1.54, 1.807) is 0 Å². The Morgan fingerprint density at radius 1 is 0.317 bits per heavy atom. The van der Waals surface area contributed by atoms with Crippen LogP contribution in [0.15, 0.2) is 217 Å². The highest BCUT2D eigenvalue weighted by Gasteiger charge is 2.22. The Morgan fingerprint density at radius 2 is 0.841 bits per heavy atom. The molecular weight excluding hydrogens is 771 g/mol. The smallest absolute Gasteiger partial charge is 0.166 e. The van der Waals surface area contributed by atoms with Crippen molar-refractivity contribution in [1.82, 2.24) is 24.1 Å². The first-order valence-electron chi connectivity index (χ1n) is 21.2. The van der Waals surface area contributed by atoms with E-state index in [4.69, 9.17) is 19.4 Å². The van der Waals surface area contributed by atoms with Gasteiger partial charge in [0.05, 0.1) is 27.8 Å². The average molecular weight is 806 g/mol. The van der Waals surface area contributed by atoms with Crippen LogP contribution in [0.25, 0.3) is 122 Å². The van der Waals surface area contributed by atoms with E-state index >= 15 is 0 Å². The van der Waals surface area contributed by atoms with Crippen molar-refractivity contribution in [3.8, 4) is 56.7 Å². The molecular formula is C57H35N5O. The second-order valence-electron chi connectivity index (χ2n) is 16.0. The number of para-hydroxylation sites is 5. The van der Waals surface area contributed by atoms with Gasteiger partial charge in [-0.3, -0.25) is 0 Å². The van der Waals surface area contributed by atoms with E-state index in [1.165, 1.54) is 21.8 Å². The van der Waals surface area contributed by atoms with Crippen LogP contribution in [0.5, 0.6) is 0 Å². The van der Waals surface area contributed by atoms with Crippen LogP contribution < -0.4 is 0 Å². The molecule has 0 amide bonds. The molecule has 0 aliphatic heterocycles. The molecule has 4 aromatic heterocycles. The number of furan rings is 1. The van der Waals surface area contributed by atoms with Crippen LogP contribution in [0.3, 0.4) is 0 Å². The topological polar surface area (TPSA) is 61.7 Å². The van der Waals surface area contributed by atoms with Crippen molar-refractivity contribution >= 4 is 65.6 Å². The normalized spacial score (nSPS) is 11.8. The van der Waals surface area contributed by atoms with Crippen molar-refractivity contribution in [3.63, 3.8) is 0 Å². The number of aromatic nitrogens is 5. The van der Waals surface area contributed by atoms with Crippen molar-refractivity contribution in [2.24, 2.45) is 0 Å². The number of benzene rings is 9. The molecule has 294 valence electrons. The van der Waals surface area contributed by atoms with E-state index in [0.29, 0.717) is 17.5 Å². The molecule has 9 aromatic carbocycles. The van der Waals surface area contributed by atoms with Gasteiger partial charge in [-0.1, -0.05) is 158 Å². The summed E-state index contributed by atoms with van der Waals surface area (Å²) < 4.78 is 11.4. The third-order valence-corrected chi connectivity index (χ3v) is 12.4. The number of fused-ring (bicyclic) bond motifs is 9. The molecule has 0 saturated carbocycles. The lowest BCUT2D eigenvalue weighted by atomic mass is 9.98. The zero-order valence-corrected chi connectivity index (χ0v) is 33.9. The summed E-state index contributed by atoms with van der Waals surface area (Å²) in [7, 11) is 0. The lowest BCUT2D eigenvalue weighted by Gasteiger charge is -2.16. The molecule has 63 heavy (non-hydrogen) atoms. The van der Waals surface area contributed by atoms with E-state index in [9.17, 15) is 0 Å². The van der Waals surface area contributed by atoms with Crippen LogP contribution in [-0.4, -0.2) is 24.1 Å². The minimum Gasteiger partial charge on any atom is -0.455 e. The second-order valence-corrected chi connectivity index (χ2v) is 16.0. The minimum atomic E-state index is 0.573. The SMILES string of the molecule is c1ccc(-c2nc(-c3ccccc3)nc(-c3cc(-c4cccc5c4oc4ccccc45)ccc3-n3c4ccccc4c4cc(-n5c6ccccc6c6ccccc65)ccc43)n2)cc1. The zero-order chi connectivity index (χ0) is 41.4. The number of rotatable bonds is 6. The maximum Gasteiger partial charge on any atom is 0.166 e. The number of hydrogen-bond donors (Lipinski definition) is 0. The maximum absolute atomic E-state index is 6.60. The largest absolute Gasteiger partial charge is 0.455 e. The highest BCUT2D eigenvalue weighted by Crippen LogP contribution is 2.42. The summed E-state index contributed by atoms with van der Waals surface area (Å²) in [6.07, 6.45) is 0. The van der Waals surface area contributed by atoms with Gasteiger partial charge in [-0.05, 0) is 60.2 Å². The van der Waals surface area contributed by atoms with Gasteiger partial charge in [-0.25, -0.2) is 15.0 Å². The molecule has 0 radical (unpaired) electrons. The molecule has 0 unspecified atom stereocenters. The Kier molecular flexibility index (Phi) is 7.80. The number of nitrogens with zero attached hydrogens (tertiary/aromatic N) is 5. The van der Waals surface area contributed by atoms with Crippen molar-refractivity contribution in [1.29, 1.82) is 0 Å². The van der Waals surface area contributed by atoms with Crippen LogP contribution in [0.1, 0.15) is 0 Å². The molecule has 0 spiro atoms. The Bertz CT molecular complexity index is 3810. The highest BCUT2D eigenvalue weighted by molar-refractivity contribution is 6.13. The summed E-state index contributed by atoms with van der Waals surface area (Å²) >= 11 is 0. The molecule has 4 heterocycles. The van der Waals surface area contributed by atoms with Gasteiger partial charge in [-0.15, -0.1) is 0 Å². The Hall–Kier alpha value is -8.61. The molecule has 0 fully saturated rings. The molecule has 0 bridgehead atoms. The van der Waals surface area contributed by atoms with Gasteiger partial charge in [0.2, 0.25) is 0 Å². The van der Waals surface area contributed by atoms with Gasteiger partial charge in [0, 0.05) is 60.3 Å². The fourth-order valence-electron chi connectivity index (χ4n) is 9.54. The van der Waals surface area contributed by atoms with E-state index in [2.05, 4.69) is 173 Å². The summed E-state index contributed by atoms with van der Waals surface area (Å²) in [5, 5.41) is 6.95. The van der Waals surface area contributed by atoms with E-state index < -0.39 is 0 Å². The van der Waals surface area contributed by atoms with Gasteiger partial charge >= 0.3 is 0 Å². The summed E-state index contributed by atoms with van der Waals surface area (Å²) in [5.74, 6) is 1.78. The van der Waals surface area contributed by atoms with Crippen LogP contribution in [-0.2, 0) is 0 Å². The molecule has 0 aliphatic carbocycles. The van der Waals surface area contributed by atoms with Crippen molar-refractivity contribution < 1.29 is 4.42 Å². The summed E-state index contributed by atoms with van der Waals surface area (Å²) in [6, 6.07) is 74.4. The summed E-state index contributed by atoms with van der Waals surface area (Å²) in [6.45, 7) is 0. The molecule has 0 N–H and O–H groups in total.